The zero-order valence-electron chi connectivity index (χ0n) is 13.5. The van der Waals surface area contributed by atoms with Gasteiger partial charge in [0.05, 0.1) is 5.56 Å². The minimum Gasteiger partial charge on any atom is -0.360 e. The Morgan fingerprint density at radius 3 is 2.88 bits per heavy atom. The van der Waals surface area contributed by atoms with Crippen LogP contribution in [0.25, 0.3) is 10.9 Å². The highest BCUT2D eigenvalue weighted by atomic mass is 16.2. The summed E-state index contributed by atoms with van der Waals surface area (Å²) in [6.45, 7) is 0.869. The molecule has 0 radical (unpaired) electrons. The van der Waals surface area contributed by atoms with Gasteiger partial charge in [0.25, 0.3) is 5.91 Å². The average molecular weight is 316 g/mol. The predicted octanol–water partition coefficient (Wildman–Crippen LogP) is 4.11. The van der Waals surface area contributed by atoms with E-state index >= 15 is 0 Å². The first kappa shape index (κ1) is 13.8. The summed E-state index contributed by atoms with van der Waals surface area (Å²) in [5.41, 5.74) is 4.72. The number of H-pyrrole nitrogens is 1. The summed E-state index contributed by atoms with van der Waals surface area (Å²) < 4.78 is 0. The van der Waals surface area contributed by atoms with Gasteiger partial charge < -0.3 is 9.88 Å². The van der Waals surface area contributed by atoms with Crippen molar-refractivity contribution in [1.29, 1.82) is 0 Å². The molecule has 2 atom stereocenters. The number of piperidine rings is 1. The number of aromatic nitrogens is 1. The highest BCUT2D eigenvalue weighted by Gasteiger charge is 2.40. The molecule has 1 aromatic heterocycles. The number of para-hydroxylation sites is 1. The van der Waals surface area contributed by atoms with E-state index in [4.69, 9.17) is 0 Å². The summed E-state index contributed by atoms with van der Waals surface area (Å²) in [5, 5.41) is 1.03. The van der Waals surface area contributed by atoms with Gasteiger partial charge in [-0.2, -0.15) is 0 Å². The summed E-state index contributed by atoms with van der Waals surface area (Å²) in [6, 6.07) is 17.1. The van der Waals surface area contributed by atoms with Crippen molar-refractivity contribution in [2.45, 2.75) is 31.2 Å². The number of aromatic amines is 1. The summed E-state index contributed by atoms with van der Waals surface area (Å²) in [7, 11) is 0. The van der Waals surface area contributed by atoms with Gasteiger partial charge in [-0.15, -0.1) is 0 Å². The van der Waals surface area contributed by atoms with Crippen LogP contribution < -0.4 is 0 Å². The zero-order valence-corrected chi connectivity index (χ0v) is 13.5. The maximum Gasteiger partial charge on any atom is 0.256 e. The van der Waals surface area contributed by atoms with E-state index in [-0.39, 0.29) is 5.91 Å². The van der Waals surface area contributed by atoms with Gasteiger partial charge in [-0.3, -0.25) is 4.79 Å². The molecule has 2 aromatic carbocycles. The number of fused-ring (bicyclic) bond motifs is 4. The standard InChI is InChI=1S/C21H20N2O/c24-21(18-13-22-19-10-4-3-8-16(18)19)23-11-5-9-17-15-7-2-1-6-14(15)12-20(17)23/h1-4,6-8,10,13,17,20,22H,5,9,11-12H2/t17-,20+/m1/s1. The molecule has 0 bridgehead atoms. The van der Waals surface area contributed by atoms with E-state index in [0.717, 1.165) is 35.9 Å². The molecule has 24 heavy (non-hydrogen) atoms. The fourth-order valence-corrected chi connectivity index (χ4v) is 4.63. The molecule has 5 rings (SSSR count). The van der Waals surface area contributed by atoms with E-state index in [0.29, 0.717) is 12.0 Å². The van der Waals surface area contributed by atoms with Crippen molar-refractivity contribution in [3.63, 3.8) is 0 Å². The van der Waals surface area contributed by atoms with Crippen molar-refractivity contribution in [3.8, 4) is 0 Å². The average Bonchev–Trinajstić information content (AvgIpc) is 3.22. The van der Waals surface area contributed by atoms with Crippen LogP contribution in [-0.2, 0) is 6.42 Å². The Hall–Kier alpha value is -2.55. The predicted molar refractivity (Wildman–Crippen MR) is 95.2 cm³/mol. The molecule has 1 aliphatic heterocycles. The molecule has 0 saturated carbocycles. The quantitative estimate of drug-likeness (QED) is 0.720. The number of nitrogens with one attached hydrogen (secondary N) is 1. The van der Waals surface area contributed by atoms with E-state index in [1.807, 2.05) is 30.5 Å². The lowest BCUT2D eigenvalue weighted by Crippen LogP contribution is -2.46. The van der Waals surface area contributed by atoms with Crippen LogP contribution in [0, 0.1) is 0 Å². The number of hydrogen-bond acceptors (Lipinski definition) is 1. The van der Waals surface area contributed by atoms with Gasteiger partial charge in [0.2, 0.25) is 0 Å². The van der Waals surface area contributed by atoms with Gasteiger partial charge in [0, 0.05) is 35.6 Å². The minimum atomic E-state index is 0.176. The largest absolute Gasteiger partial charge is 0.360 e. The fraction of sp³-hybridized carbons (Fsp3) is 0.286. The third kappa shape index (κ3) is 1.94. The van der Waals surface area contributed by atoms with E-state index in [1.165, 1.54) is 17.5 Å². The van der Waals surface area contributed by atoms with Crippen LogP contribution in [0.3, 0.4) is 0 Å². The molecule has 3 aromatic rings. The molecule has 2 heterocycles. The SMILES string of the molecule is O=C(c1c[nH]c2ccccc12)N1CCC[C@@H]2c3ccccc3C[C@@H]21. The van der Waals surface area contributed by atoms with E-state index < -0.39 is 0 Å². The van der Waals surface area contributed by atoms with Crippen LogP contribution in [0.5, 0.6) is 0 Å². The second-order valence-corrected chi connectivity index (χ2v) is 6.97. The third-order valence-corrected chi connectivity index (χ3v) is 5.74. The number of benzene rings is 2. The first-order chi connectivity index (χ1) is 11.8. The second-order valence-electron chi connectivity index (χ2n) is 6.97. The molecular weight excluding hydrogens is 296 g/mol. The summed E-state index contributed by atoms with van der Waals surface area (Å²) in [6.07, 6.45) is 5.15. The number of nitrogens with zero attached hydrogens (tertiary/aromatic N) is 1. The van der Waals surface area contributed by atoms with Gasteiger partial charge in [-0.1, -0.05) is 42.5 Å². The number of likely N-dealkylation sites (tertiary alicyclic amines) is 1. The molecule has 3 heteroatoms. The first-order valence-corrected chi connectivity index (χ1v) is 8.78. The van der Waals surface area contributed by atoms with Crippen LogP contribution in [0.15, 0.2) is 54.7 Å². The van der Waals surface area contributed by atoms with Gasteiger partial charge in [0.1, 0.15) is 0 Å². The summed E-state index contributed by atoms with van der Waals surface area (Å²) >= 11 is 0. The summed E-state index contributed by atoms with van der Waals surface area (Å²) in [4.78, 5) is 18.6. The highest BCUT2D eigenvalue weighted by Crippen LogP contribution is 2.42. The molecule has 0 unspecified atom stereocenters. The topological polar surface area (TPSA) is 36.1 Å². The number of carbonyl (C=O) groups is 1. The molecule has 1 aliphatic carbocycles. The Balaban J connectivity index is 1.52. The molecule has 1 fully saturated rings. The zero-order chi connectivity index (χ0) is 16.1. The third-order valence-electron chi connectivity index (χ3n) is 5.74. The van der Waals surface area contributed by atoms with Crippen molar-refractivity contribution in [1.82, 2.24) is 9.88 Å². The number of rotatable bonds is 1. The summed E-state index contributed by atoms with van der Waals surface area (Å²) in [5.74, 6) is 0.680. The Labute approximate surface area is 141 Å². The van der Waals surface area contributed by atoms with Crippen molar-refractivity contribution in [2.75, 3.05) is 6.54 Å². The fourth-order valence-electron chi connectivity index (χ4n) is 4.63. The maximum absolute atomic E-state index is 13.3. The molecule has 0 spiro atoms. The smallest absolute Gasteiger partial charge is 0.256 e. The first-order valence-electron chi connectivity index (χ1n) is 8.78. The number of amides is 1. The molecule has 3 nitrogen and oxygen atoms in total. The van der Waals surface area contributed by atoms with Crippen LogP contribution in [0.4, 0.5) is 0 Å². The van der Waals surface area contributed by atoms with Gasteiger partial charge >= 0.3 is 0 Å². The van der Waals surface area contributed by atoms with Crippen LogP contribution in [0.2, 0.25) is 0 Å². The minimum absolute atomic E-state index is 0.176. The highest BCUT2D eigenvalue weighted by molar-refractivity contribution is 6.06. The Bertz CT molecular complexity index is 926. The normalized spacial score (nSPS) is 22.4. The van der Waals surface area contributed by atoms with E-state index in [1.54, 1.807) is 0 Å². The van der Waals surface area contributed by atoms with Gasteiger partial charge in [0.15, 0.2) is 0 Å². The lowest BCUT2D eigenvalue weighted by molar-refractivity contribution is 0.0597. The molecule has 1 saturated heterocycles. The number of hydrogen-bond donors (Lipinski definition) is 1. The number of carbonyl (C=O) groups excluding carboxylic acids is 1. The van der Waals surface area contributed by atoms with Crippen molar-refractivity contribution in [3.05, 3.63) is 71.4 Å². The van der Waals surface area contributed by atoms with E-state index in [9.17, 15) is 4.79 Å². The Morgan fingerprint density at radius 2 is 1.92 bits per heavy atom. The van der Waals surface area contributed by atoms with Crippen molar-refractivity contribution < 1.29 is 4.79 Å². The van der Waals surface area contributed by atoms with E-state index in [2.05, 4.69) is 34.1 Å². The molecule has 1 N–H and O–H groups in total. The van der Waals surface area contributed by atoms with Gasteiger partial charge in [-0.05, 0) is 36.5 Å². The van der Waals surface area contributed by atoms with Gasteiger partial charge in [-0.25, -0.2) is 0 Å². The molecule has 120 valence electrons. The maximum atomic E-state index is 13.3. The van der Waals surface area contributed by atoms with Crippen LogP contribution in [0.1, 0.15) is 40.2 Å². The lowest BCUT2D eigenvalue weighted by atomic mass is 9.88. The van der Waals surface area contributed by atoms with Crippen LogP contribution >= 0.6 is 0 Å². The molecular formula is C21H20N2O. The lowest BCUT2D eigenvalue weighted by Gasteiger charge is -2.38. The van der Waals surface area contributed by atoms with Crippen LogP contribution in [-0.4, -0.2) is 28.4 Å². The molecule has 1 amide bonds. The molecule has 2 aliphatic rings. The Morgan fingerprint density at radius 1 is 1.08 bits per heavy atom. The van der Waals surface area contributed by atoms with Crippen molar-refractivity contribution in [2.24, 2.45) is 0 Å². The second kappa shape index (κ2) is 5.23. The van der Waals surface area contributed by atoms with Crippen molar-refractivity contribution >= 4 is 16.8 Å². The monoisotopic (exact) mass is 316 g/mol. The Kier molecular flexibility index (Phi) is 3.02.